The lowest BCUT2D eigenvalue weighted by Crippen LogP contribution is -2.21. The van der Waals surface area contributed by atoms with E-state index in [-0.39, 0.29) is 17.5 Å². The van der Waals surface area contributed by atoms with Crippen molar-refractivity contribution in [3.05, 3.63) is 77.1 Å². The van der Waals surface area contributed by atoms with Crippen molar-refractivity contribution >= 4 is 10.8 Å². The van der Waals surface area contributed by atoms with Gasteiger partial charge in [0.15, 0.2) is 0 Å². The van der Waals surface area contributed by atoms with Gasteiger partial charge in [-0.3, -0.25) is 0 Å². The van der Waals surface area contributed by atoms with E-state index in [0.717, 1.165) is 35.6 Å². The van der Waals surface area contributed by atoms with Crippen molar-refractivity contribution in [2.75, 3.05) is 0 Å². The van der Waals surface area contributed by atoms with Gasteiger partial charge in [0.25, 0.3) is 0 Å². The second-order valence-electron chi connectivity index (χ2n) is 7.13. The minimum absolute atomic E-state index is 0.165. The molecule has 140 valence electrons. The lowest BCUT2D eigenvalue weighted by Gasteiger charge is -2.34. The molecule has 0 amide bonds. The van der Waals surface area contributed by atoms with E-state index in [4.69, 9.17) is 0 Å². The number of ether oxygens (including phenoxy) is 1. The molecule has 0 fully saturated rings. The van der Waals surface area contributed by atoms with Crippen molar-refractivity contribution in [3.8, 4) is 5.75 Å². The number of benzene rings is 3. The van der Waals surface area contributed by atoms with Crippen molar-refractivity contribution in [2.24, 2.45) is 5.92 Å². The summed E-state index contributed by atoms with van der Waals surface area (Å²) in [5.74, 6) is 0.578. The van der Waals surface area contributed by atoms with Gasteiger partial charge in [-0.05, 0) is 70.5 Å². The van der Waals surface area contributed by atoms with Gasteiger partial charge >= 0.3 is 6.61 Å². The minimum atomic E-state index is -2.82. The van der Waals surface area contributed by atoms with E-state index in [9.17, 15) is 13.2 Å². The Morgan fingerprint density at radius 1 is 1.04 bits per heavy atom. The molecule has 1 aliphatic carbocycles. The average molecular weight is 370 g/mol. The molecule has 3 aromatic carbocycles. The highest BCUT2D eigenvalue weighted by Gasteiger charge is 2.30. The molecular weight excluding hydrogens is 349 g/mol. The standard InChI is InChI=1S/C23H21F3O/c1-2-14-6-11-19-20(12-7-15-3-8-17(24)13-21(15)19)22(14)16-4-9-18(10-5-16)27-23(25)26/h3-5,7-10,12-14,22-23H,2,6,11H2,1H3/t14-,22-/m1/s1. The molecule has 3 aromatic rings. The molecule has 1 nitrogen and oxygen atoms in total. The van der Waals surface area contributed by atoms with Crippen LogP contribution in [0, 0.1) is 11.7 Å². The zero-order valence-electron chi connectivity index (χ0n) is 15.1. The Labute approximate surface area is 156 Å². The lowest BCUT2D eigenvalue weighted by atomic mass is 9.70. The van der Waals surface area contributed by atoms with E-state index < -0.39 is 6.61 Å². The monoisotopic (exact) mass is 370 g/mol. The highest BCUT2D eigenvalue weighted by atomic mass is 19.3. The third-order valence-electron chi connectivity index (χ3n) is 5.69. The summed E-state index contributed by atoms with van der Waals surface area (Å²) < 4.78 is 43.2. The first-order chi connectivity index (χ1) is 13.1. The molecule has 0 heterocycles. The number of aryl methyl sites for hydroxylation is 1. The van der Waals surface area contributed by atoms with Gasteiger partial charge in [0.1, 0.15) is 11.6 Å². The van der Waals surface area contributed by atoms with Crippen LogP contribution in [0.1, 0.15) is 42.4 Å². The molecule has 0 N–H and O–H groups in total. The summed E-state index contributed by atoms with van der Waals surface area (Å²) in [6, 6.07) is 16.1. The number of fused-ring (bicyclic) bond motifs is 3. The number of hydrogen-bond donors (Lipinski definition) is 0. The van der Waals surface area contributed by atoms with Crippen LogP contribution in [0.2, 0.25) is 0 Å². The molecule has 27 heavy (non-hydrogen) atoms. The molecule has 0 saturated carbocycles. The highest BCUT2D eigenvalue weighted by molar-refractivity contribution is 5.87. The van der Waals surface area contributed by atoms with Crippen LogP contribution >= 0.6 is 0 Å². The van der Waals surface area contributed by atoms with Crippen molar-refractivity contribution in [1.29, 1.82) is 0 Å². The Morgan fingerprint density at radius 2 is 1.78 bits per heavy atom. The zero-order valence-corrected chi connectivity index (χ0v) is 15.1. The maximum absolute atomic E-state index is 13.8. The Hall–Kier alpha value is -2.49. The molecule has 0 unspecified atom stereocenters. The van der Waals surface area contributed by atoms with Crippen LogP contribution in [0.3, 0.4) is 0 Å². The van der Waals surface area contributed by atoms with Crippen LogP contribution < -0.4 is 4.74 Å². The summed E-state index contributed by atoms with van der Waals surface area (Å²) in [6.45, 7) is -0.645. The molecule has 0 saturated heterocycles. The van der Waals surface area contributed by atoms with Crippen molar-refractivity contribution in [3.63, 3.8) is 0 Å². The third kappa shape index (κ3) is 3.41. The van der Waals surface area contributed by atoms with Gasteiger partial charge in [-0.15, -0.1) is 0 Å². The Morgan fingerprint density at radius 3 is 2.48 bits per heavy atom. The van der Waals surface area contributed by atoms with Crippen molar-refractivity contribution in [2.45, 2.75) is 38.7 Å². The van der Waals surface area contributed by atoms with E-state index in [1.807, 2.05) is 24.3 Å². The number of halogens is 3. The highest BCUT2D eigenvalue weighted by Crippen LogP contribution is 2.44. The molecule has 4 heteroatoms. The van der Waals surface area contributed by atoms with Gasteiger partial charge in [0, 0.05) is 5.92 Å². The first kappa shape index (κ1) is 17.9. The smallest absolute Gasteiger partial charge is 0.387 e. The quantitative estimate of drug-likeness (QED) is 0.497. The normalized spacial score (nSPS) is 19.3. The SMILES string of the molecule is CC[C@@H]1CCc2c(ccc3ccc(F)cc23)[C@H]1c1ccc(OC(F)F)cc1. The van der Waals surface area contributed by atoms with E-state index in [1.54, 1.807) is 18.2 Å². The Balaban J connectivity index is 1.80. The summed E-state index contributed by atoms with van der Waals surface area (Å²) in [5, 5.41) is 2.02. The predicted octanol–water partition coefficient (Wildman–Crippen LogP) is 6.68. The fourth-order valence-corrected chi connectivity index (χ4v) is 4.44. The molecule has 0 bridgehead atoms. The van der Waals surface area contributed by atoms with E-state index >= 15 is 0 Å². The van der Waals surface area contributed by atoms with Gasteiger partial charge in [-0.1, -0.05) is 43.7 Å². The van der Waals surface area contributed by atoms with Gasteiger partial charge < -0.3 is 4.74 Å². The fraction of sp³-hybridized carbons (Fsp3) is 0.304. The number of hydrogen-bond acceptors (Lipinski definition) is 1. The second-order valence-corrected chi connectivity index (χ2v) is 7.13. The molecule has 2 atom stereocenters. The van der Waals surface area contributed by atoms with Gasteiger partial charge in [-0.25, -0.2) is 4.39 Å². The summed E-state index contributed by atoms with van der Waals surface area (Å²) in [5.41, 5.74) is 3.50. The van der Waals surface area contributed by atoms with Crippen LogP contribution in [-0.2, 0) is 6.42 Å². The first-order valence-corrected chi connectivity index (χ1v) is 9.32. The zero-order chi connectivity index (χ0) is 19.0. The van der Waals surface area contributed by atoms with Gasteiger partial charge in [0.2, 0.25) is 0 Å². The lowest BCUT2D eigenvalue weighted by molar-refractivity contribution is -0.0498. The van der Waals surface area contributed by atoms with Crippen LogP contribution in [0.15, 0.2) is 54.6 Å². The second kappa shape index (κ2) is 7.26. The molecule has 0 radical (unpaired) electrons. The van der Waals surface area contributed by atoms with E-state index in [1.165, 1.54) is 17.2 Å². The summed E-state index contributed by atoms with van der Waals surface area (Å²) in [4.78, 5) is 0. The molecular formula is C23H21F3O. The molecule has 0 aromatic heterocycles. The van der Waals surface area contributed by atoms with Crippen LogP contribution in [0.4, 0.5) is 13.2 Å². The maximum atomic E-state index is 13.8. The van der Waals surface area contributed by atoms with Crippen LogP contribution in [0.5, 0.6) is 5.75 Å². The molecule has 4 rings (SSSR count). The molecule has 0 aliphatic heterocycles. The van der Waals surface area contributed by atoms with Crippen molar-refractivity contribution < 1.29 is 17.9 Å². The topological polar surface area (TPSA) is 9.23 Å². The largest absolute Gasteiger partial charge is 0.435 e. The van der Waals surface area contributed by atoms with Crippen molar-refractivity contribution in [1.82, 2.24) is 0 Å². The van der Waals surface area contributed by atoms with Gasteiger partial charge in [-0.2, -0.15) is 8.78 Å². The number of alkyl halides is 2. The summed E-state index contributed by atoms with van der Waals surface area (Å²) in [6.07, 6.45) is 2.98. The Kier molecular flexibility index (Phi) is 4.81. The predicted molar refractivity (Wildman–Crippen MR) is 101 cm³/mol. The van der Waals surface area contributed by atoms with Crippen LogP contribution in [-0.4, -0.2) is 6.61 Å². The van der Waals surface area contributed by atoms with E-state index in [2.05, 4.69) is 17.7 Å². The fourth-order valence-electron chi connectivity index (χ4n) is 4.44. The summed E-state index contributed by atoms with van der Waals surface area (Å²) in [7, 11) is 0. The Bertz CT molecular complexity index is 950. The minimum Gasteiger partial charge on any atom is -0.435 e. The van der Waals surface area contributed by atoms with Gasteiger partial charge in [0.05, 0.1) is 0 Å². The molecule has 1 aliphatic rings. The average Bonchev–Trinajstić information content (AvgIpc) is 2.67. The maximum Gasteiger partial charge on any atom is 0.387 e. The first-order valence-electron chi connectivity index (χ1n) is 9.32. The molecule has 0 spiro atoms. The summed E-state index contributed by atoms with van der Waals surface area (Å²) >= 11 is 0. The number of rotatable bonds is 4. The van der Waals surface area contributed by atoms with E-state index in [0.29, 0.717) is 5.92 Å². The van der Waals surface area contributed by atoms with Crippen LogP contribution in [0.25, 0.3) is 10.8 Å². The third-order valence-corrected chi connectivity index (χ3v) is 5.69.